The van der Waals surface area contributed by atoms with E-state index in [2.05, 4.69) is 4.99 Å². The number of amides is 1. The quantitative estimate of drug-likeness (QED) is 0.131. The Balaban J connectivity index is 1.88. The second-order valence-electron chi connectivity index (χ2n) is 11.9. The Labute approximate surface area is 289 Å². The molecule has 0 spiro atoms. The first-order valence-electron chi connectivity index (χ1n) is 15.2. The number of aliphatic carboxylic acids is 1. The highest BCUT2D eigenvalue weighted by Gasteiger charge is 2.45. The van der Waals surface area contributed by atoms with Crippen molar-refractivity contribution < 1.29 is 47.0 Å². The van der Waals surface area contributed by atoms with Gasteiger partial charge in [-0.05, 0) is 48.2 Å². The van der Waals surface area contributed by atoms with Gasteiger partial charge in [0.05, 0.1) is 22.1 Å². The number of rotatable bonds is 13. The monoisotopic (exact) mass is 710 g/mol. The first-order chi connectivity index (χ1) is 24.0. The lowest BCUT2D eigenvalue weighted by Gasteiger charge is -2.32. The van der Waals surface area contributed by atoms with Gasteiger partial charge >= 0.3 is 17.8 Å². The number of allylic oxidation sites excluding steroid dienone is 1. The van der Waals surface area contributed by atoms with Crippen molar-refractivity contribution in [1.29, 1.82) is 5.26 Å². The predicted octanol–water partition coefficient (Wildman–Crippen LogP) is 5.42. The summed E-state index contributed by atoms with van der Waals surface area (Å²) < 4.78 is 59.5. The first kappa shape index (κ1) is 37.7. The van der Waals surface area contributed by atoms with Crippen LogP contribution in [0.5, 0.6) is 17.2 Å². The SMILES string of the molecule is CC(C)CC(C(=O)O)C1=NC(Oc2cc(C#N)ccc2OCc2ccccc2)N(N)C(Oc2cc(C(=O)N(C)C)cc(C(F)(F)F)c2)=C1[N+](=O)[O-]. The smallest absolute Gasteiger partial charge is 0.416 e. The molecule has 0 saturated carbocycles. The number of hydrogen-bond acceptors (Lipinski definition) is 11. The number of alkyl halides is 3. The zero-order valence-corrected chi connectivity index (χ0v) is 27.7. The van der Waals surface area contributed by atoms with Gasteiger partial charge in [-0.25, -0.2) is 15.8 Å². The number of carbonyl (C=O) groups is 2. The van der Waals surface area contributed by atoms with E-state index in [9.17, 15) is 43.2 Å². The zero-order valence-electron chi connectivity index (χ0n) is 27.7. The zero-order chi connectivity index (χ0) is 37.6. The average Bonchev–Trinajstić information content (AvgIpc) is 3.07. The number of aliphatic imine (C=N–C) groups is 1. The molecule has 3 aromatic rings. The number of hydrogen-bond donors (Lipinski definition) is 2. The number of nitro groups is 1. The molecule has 1 amide bonds. The Bertz CT molecular complexity index is 1910. The fraction of sp³-hybridized carbons (Fsp3) is 0.294. The van der Waals surface area contributed by atoms with Crippen molar-refractivity contribution in [1.82, 2.24) is 9.91 Å². The third kappa shape index (κ3) is 9.10. The Kier molecular flexibility index (Phi) is 11.5. The van der Waals surface area contributed by atoms with Crippen molar-refractivity contribution in [2.45, 2.75) is 39.4 Å². The summed E-state index contributed by atoms with van der Waals surface area (Å²) in [6, 6.07) is 17.1. The van der Waals surface area contributed by atoms with Crippen molar-refractivity contribution in [2.24, 2.45) is 22.7 Å². The van der Waals surface area contributed by atoms with Gasteiger partial charge in [-0.1, -0.05) is 44.2 Å². The number of hydrazine groups is 1. The van der Waals surface area contributed by atoms with Crippen LogP contribution in [0.15, 0.2) is 83.3 Å². The topological polar surface area (TPSA) is 194 Å². The Morgan fingerprint density at radius 3 is 2.37 bits per heavy atom. The highest BCUT2D eigenvalue weighted by atomic mass is 19.4. The fourth-order valence-electron chi connectivity index (χ4n) is 4.94. The van der Waals surface area contributed by atoms with Crippen molar-refractivity contribution in [3.05, 3.63) is 111 Å². The van der Waals surface area contributed by atoms with E-state index < -0.39 is 69.4 Å². The molecule has 2 atom stereocenters. The van der Waals surface area contributed by atoms with Crippen LogP contribution >= 0.6 is 0 Å². The summed E-state index contributed by atoms with van der Waals surface area (Å²) in [5, 5.41) is 32.9. The molecule has 14 nitrogen and oxygen atoms in total. The summed E-state index contributed by atoms with van der Waals surface area (Å²) in [6.45, 7) is 3.39. The minimum atomic E-state index is -4.97. The maximum absolute atomic E-state index is 14.0. The Hall–Kier alpha value is -6.15. The molecule has 1 heterocycles. The van der Waals surface area contributed by atoms with Gasteiger partial charge in [0, 0.05) is 25.7 Å². The summed E-state index contributed by atoms with van der Waals surface area (Å²) >= 11 is 0. The van der Waals surface area contributed by atoms with E-state index >= 15 is 0 Å². The molecule has 0 fully saturated rings. The van der Waals surface area contributed by atoms with E-state index in [0.29, 0.717) is 17.1 Å². The molecule has 1 aliphatic heterocycles. The predicted molar refractivity (Wildman–Crippen MR) is 174 cm³/mol. The van der Waals surface area contributed by atoms with E-state index in [0.717, 1.165) is 16.5 Å². The molecule has 0 radical (unpaired) electrons. The number of halogens is 3. The molecule has 3 N–H and O–H groups in total. The van der Waals surface area contributed by atoms with Crippen LogP contribution in [-0.2, 0) is 17.6 Å². The molecular weight excluding hydrogens is 677 g/mol. The average molecular weight is 711 g/mol. The lowest BCUT2D eigenvalue weighted by Crippen LogP contribution is -2.50. The molecule has 268 valence electrons. The fourth-order valence-corrected chi connectivity index (χ4v) is 4.94. The van der Waals surface area contributed by atoms with E-state index in [1.807, 2.05) is 12.1 Å². The van der Waals surface area contributed by atoms with Crippen LogP contribution in [0.3, 0.4) is 0 Å². The largest absolute Gasteiger partial charge is 0.485 e. The minimum absolute atomic E-state index is 0.0490. The number of nitrogens with two attached hydrogens (primary N) is 1. The molecule has 17 heteroatoms. The van der Waals surface area contributed by atoms with E-state index in [4.69, 9.17) is 20.1 Å². The number of nitrogens with zero attached hydrogens (tertiary/aromatic N) is 5. The Morgan fingerprint density at radius 2 is 1.80 bits per heavy atom. The molecule has 3 aromatic carbocycles. The third-order valence-electron chi connectivity index (χ3n) is 7.33. The van der Waals surface area contributed by atoms with Gasteiger partial charge in [-0.2, -0.15) is 18.4 Å². The highest BCUT2D eigenvalue weighted by molar-refractivity contribution is 6.10. The van der Waals surface area contributed by atoms with Gasteiger partial charge in [0.15, 0.2) is 11.5 Å². The second kappa shape index (κ2) is 15.6. The maximum Gasteiger partial charge on any atom is 0.416 e. The maximum atomic E-state index is 14.0. The number of carbonyl (C=O) groups excluding carboxylic acids is 1. The van der Waals surface area contributed by atoms with E-state index in [1.165, 1.54) is 32.3 Å². The van der Waals surface area contributed by atoms with Crippen LogP contribution in [0, 0.1) is 33.3 Å². The third-order valence-corrected chi connectivity index (χ3v) is 7.33. The minimum Gasteiger partial charge on any atom is -0.485 e. The van der Waals surface area contributed by atoms with Crippen molar-refractivity contribution in [3.63, 3.8) is 0 Å². The normalized spacial score (nSPS) is 15.1. The van der Waals surface area contributed by atoms with Crippen molar-refractivity contribution in [3.8, 4) is 23.3 Å². The number of benzene rings is 3. The van der Waals surface area contributed by atoms with Gasteiger partial charge in [0.25, 0.3) is 18.1 Å². The molecule has 0 aromatic heterocycles. The number of carboxylic acids is 1. The number of nitriles is 1. The highest BCUT2D eigenvalue weighted by Crippen LogP contribution is 2.37. The van der Waals surface area contributed by atoms with Crippen molar-refractivity contribution >= 4 is 17.6 Å². The van der Waals surface area contributed by atoms with Crippen LogP contribution in [-0.4, -0.2) is 58.0 Å². The Morgan fingerprint density at radius 1 is 1.12 bits per heavy atom. The molecule has 0 bridgehead atoms. The van der Waals surface area contributed by atoms with Crippen LogP contribution in [0.2, 0.25) is 0 Å². The molecule has 1 aliphatic rings. The summed E-state index contributed by atoms with van der Waals surface area (Å²) in [5.74, 6) is 0.341. The van der Waals surface area contributed by atoms with E-state index in [-0.39, 0.29) is 36.0 Å². The van der Waals surface area contributed by atoms with Crippen molar-refractivity contribution in [2.75, 3.05) is 14.1 Å². The summed E-state index contributed by atoms with van der Waals surface area (Å²) in [4.78, 5) is 42.1. The molecule has 0 saturated heterocycles. The van der Waals surface area contributed by atoms with Crippen LogP contribution < -0.4 is 20.1 Å². The summed E-state index contributed by atoms with van der Waals surface area (Å²) in [5.41, 5.74) is -2.62. The molecule has 51 heavy (non-hydrogen) atoms. The molecule has 2 unspecified atom stereocenters. The lowest BCUT2D eigenvalue weighted by molar-refractivity contribution is -0.420. The number of ether oxygens (including phenoxy) is 3. The van der Waals surface area contributed by atoms with Gasteiger partial charge in [0.1, 0.15) is 24.0 Å². The van der Waals surface area contributed by atoms with Gasteiger partial charge in [-0.3, -0.25) is 19.7 Å². The summed E-state index contributed by atoms with van der Waals surface area (Å²) in [7, 11) is 2.62. The van der Waals surface area contributed by atoms with Crippen LogP contribution in [0.1, 0.15) is 47.3 Å². The molecular formula is C34H33F3N6O8. The lowest BCUT2D eigenvalue weighted by atomic mass is 9.90. The molecule has 0 aliphatic carbocycles. The van der Waals surface area contributed by atoms with Gasteiger partial charge in [0.2, 0.25) is 0 Å². The van der Waals surface area contributed by atoms with Gasteiger partial charge < -0.3 is 24.2 Å². The number of carboxylic acid groups (broad SMARTS) is 1. The second-order valence-corrected chi connectivity index (χ2v) is 11.9. The van der Waals surface area contributed by atoms with Gasteiger partial charge in [-0.15, -0.1) is 0 Å². The first-order valence-corrected chi connectivity index (χ1v) is 15.2. The standard InChI is InChI=1S/C34H33F3N6O8/c1-19(2)12-25(32(45)46)28-29(43(47)48)31(50-24-15-22(30(44)41(3)4)14-23(16-24)34(35,36)37)42(39)33(40-28)51-27-13-21(17-38)10-11-26(27)49-18-20-8-6-5-7-9-20/h5-11,13-16,19,25,33H,12,18,39H2,1-4H3,(H,45,46). The summed E-state index contributed by atoms with van der Waals surface area (Å²) in [6.07, 6.45) is -6.97. The molecule has 4 rings (SSSR count). The van der Waals surface area contributed by atoms with Crippen LogP contribution in [0.25, 0.3) is 0 Å². The van der Waals surface area contributed by atoms with Crippen LogP contribution in [0.4, 0.5) is 13.2 Å². The van der Waals surface area contributed by atoms with E-state index in [1.54, 1.807) is 38.1 Å².